The van der Waals surface area contributed by atoms with Crippen molar-refractivity contribution < 1.29 is 13.5 Å². The van der Waals surface area contributed by atoms with Crippen LogP contribution in [0.3, 0.4) is 0 Å². The van der Waals surface area contributed by atoms with Gasteiger partial charge in [0.15, 0.2) is 0 Å². The lowest BCUT2D eigenvalue weighted by Gasteiger charge is -2.28. The molecule has 1 aliphatic rings. The number of ether oxygens (including phenoxy) is 1. The van der Waals surface area contributed by atoms with E-state index in [0.717, 1.165) is 10.9 Å². The number of rotatable bonds is 3. The number of nitrogens with two attached hydrogens (primary N) is 1. The highest BCUT2D eigenvalue weighted by atomic mass is 31.0. The highest BCUT2D eigenvalue weighted by molar-refractivity contribution is 7.27. The van der Waals surface area contributed by atoms with E-state index in [2.05, 4.69) is 20.8 Å². The molecule has 126 valence electrons. The summed E-state index contributed by atoms with van der Waals surface area (Å²) in [6.07, 6.45) is -0.582. The van der Waals surface area contributed by atoms with Gasteiger partial charge in [0.25, 0.3) is 0 Å². The Morgan fingerprint density at radius 2 is 2.17 bits per heavy atom. The van der Waals surface area contributed by atoms with Gasteiger partial charge in [0.1, 0.15) is 18.1 Å². The molecule has 0 radical (unpaired) electrons. The van der Waals surface area contributed by atoms with Gasteiger partial charge in [-0.3, -0.25) is 0 Å². The van der Waals surface area contributed by atoms with Crippen LogP contribution in [0.2, 0.25) is 0 Å². The van der Waals surface area contributed by atoms with Gasteiger partial charge in [-0.25, -0.2) is 13.8 Å². The number of hydrogen-bond acceptors (Lipinski definition) is 3. The first kappa shape index (κ1) is 16.8. The zero-order valence-electron chi connectivity index (χ0n) is 13.4. The monoisotopic (exact) mass is 348 g/mol. The van der Waals surface area contributed by atoms with Crippen molar-refractivity contribution in [1.29, 1.82) is 0 Å². The Hall–Kier alpha value is -2.00. The zero-order valence-corrected chi connectivity index (χ0v) is 14.5. The first-order valence-electron chi connectivity index (χ1n) is 7.71. The Morgan fingerprint density at radius 1 is 1.42 bits per heavy atom. The molecule has 1 aromatic heterocycles. The van der Waals surface area contributed by atoms with Gasteiger partial charge in [0.2, 0.25) is 5.88 Å². The smallest absolute Gasteiger partial charge is 0.218 e. The summed E-state index contributed by atoms with van der Waals surface area (Å²) in [5.74, 6) is -0.0327. The van der Waals surface area contributed by atoms with E-state index >= 15 is 0 Å². The molecule has 1 aromatic carbocycles. The number of pyridine rings is 1. The molecule has 1 aliphatic heterocycles. The SMILES string of the molecule is C=C(N)c1cc(-c2ccc(P)cc2F)c2c(n1)OC(C(C)F)CC2. The van der Waals surface area contributed by atoms with Crippen molar-refractivity contribution in [2.75, 3.05) is 0 Å². The molecule has 2 N–H and O–H groups in total. The molecule has 0 fully saturated rings. The summed E-state index contributed by atoms with van der Waals surface area (Å²) in [5, 5.41) is 0.755. The third-order valence-corrected chi connectivity index (χ3v) is 4.51. The molecule has 3 rings (SSSR count). The topological polar surface area (TPSA) is 48.1 Å². The van der Waals surface area contributed by atoms with E-state index in [-0.39, 0.29) is 11.5 Å². The lowest BCUT2D eigenvalue weighted by molar-refractivity contribution is 0.0861. The number of nitrogens with zero attached hydrogens (tertiary/aromatic N) is 1. The van der Waals surface area contributed by atoms with Gasteiger partial charge < -0.3 is 10.5 Å². The van der Waals surface area contributed by atoms with Crippen LogP contribution in [0, 0.1) is 5.82 Å². The quantitative estimate of drug-likeness (QED) is 0.865. The molecule has 3 nitrogen and oxygen atoms in total. The van der Waals surface area contributed by atoms with Gasteiger partial charge in [-0.2, -0.15) is 0 Å². The van der Waals surface area contributed by atoms with Crippen molar-refractivity contribution in [3.8, 4) is 17.0 Å². The van der Waals surface area contributed by atoms with Crippen molar-refractivity contribution >= 4 is 20.2 Å². The normalized spacial score (nSPS) is 17.8. The van der Waals surface area contributed by atoms with E-state index in [1.165, 1.54) is 13.0 Å². The highest BCUT2D eigenvalue weighted by Crippen LogP contribution is 2.37. The molecule has 2 aromatic rings. The van der Waals surface area contributed by atoms with Crippen LogP contribution in [0.5, 0.6) is 5.88 Å². The van der Waals surface area contributed by atoms with E-state index in [4.69, 9.17) is 10.5 Å². The van der Waals surface area contributed by atoms with Crippen molar-refractivity contribution in [3.05, 3.63) is 47.9 Å². The van der Waals surface area contributed by atoms with Crippen LogP contribution < -0.4 is 15.8 Å². The van der Waals surface area contributed by atoms with Crippen molar-refractivity contribution in [1.82, 2.24) is 4.98 Å². The minimum absolute atomic E-state index is 0.251. The minimum Gasteiger partial charge on any atom is -0.471 e. The highest BCUT2D eigenvalue weighted by Gasteiger charge is 2.29. The van der Waals surface area contributed by atoms with E-state index in [0.29, 0.717) is 35.5 Å². The predicted molar refractivity (Wildman–Crippen MR) is 95.5 cm³/mol. The fourth-order valence-electron chi connectivity index (χ4n) is 2.85. The molecular formula is C18H19F2N2OP. The minimum atomic E-state index is -1.11. The molecular weight excluding hydrogens is 329 g/mol. The summed E-state index contributed by atoms with van der Waals surface area (Å²) in [6.45, 7) is 5.15. The molecule has 0 saturated carbocycles. The summed E-state index contributed by atoms with van der Waals surface area (Å²) in [4.78, 5) is 4.34. The van der Waals surface area contributed by atoms with E-state index in [1.807, 2.05) is 6.07 Å². The van der Waals surface area contributed by atoms with E-state index in [1.54, 1.807) is 12.1 Å². The molecule has 0 amide bonds. The summed E-state index contributed by atoms with van der Waals surface area (Å²) >= 11 is 0. The number of hydrogen-bond donors (Lipinski definition) is 1. The first-order chi connectivity index (χ1) is 11.4. The van der Waals surface area contributed by atoms with Gasteiger partial charge in [0.05, 0.1) is 11.4 Å². The maximum atomic E-state index is 14.5. The second kappa shape index (κ2) is 6.48. The zero-order chi connectivity index (χ0) is 17.4. The number of alkyl halides is 1. The summed E-state index contributed by atoms with van der Waals surface area (Å²) < 4.78 is 33.8. The molecule has 3 atom stereocenters. The molecule has 0 bridgehead atoms. The second-order valence-electron chi connectivity index (χ2n) is 5.98. The lowest BCUT2D eigenvalue weighted by atomic mass is 9.93. The second-order valence-corrected chi connectivity index (χ2v) is 6.64. The third-order valence-electron chi connectivity index (χ3n) is 4.15. The maximum absolute atomic E-state index is 14.5. The summed E-state index contributed by atoms with van der Waals surface area (Å²) in [5.41, 5.74) is 8.30. The molecule has 3 unspecified atom stereocenters. The lowest BCUT2D eigenvalue weighted by Crippen LogP contribution is -2.31. The van der Waals surface area contributed by atoms with Crippen LogP contribution in [0.1, 0.15) is 24.6 Å². The number of halogens is 2. The fraction of sp³-hybridized carbons (Fsp3) is 0.278. The Labute approximate surface area is 142 Å². The molecule has 0 spiro atoms. The van der Waals surface area contributed by atoms with Crippen LogP contribution in [0.15, 0.2) is 30.8 Å². The van der Waals surface area contributed by atoms with Crippen LogP contribution in [-0.4, -0.2) is 17.3 Å². The van der Waals surface area contributed by atoms with Gasteiger partial charge in [-0.05, 0) is 42.8 Å². The molecule has 0 aliphatic carbocycles. The predicted octanol–water partition coefficient (Wildman–Crippen LogP) is 3.37. The van der Waals surface area contributed by atoms with Crippen molar-refractivity contribution in [2.45, 2.75) is 32.0 Å². The number of aromatic nitrogens is 1. The van der Waals surface area contributed by atoms with Gasteiger partial charge in [-0.1, -0.05) is 18.7 Å². The largest absolute Gasteiger partial charge is 0.471 e. The number of fused-ring (bicyclic) bond motifs is 1. The van der Waals surface area contributed by atoms with E-state index < -0.39 is 12.3 Å². The Kier molecular flexibility index (Phi) is 4.55. The fourth-order valence-corrected chi connectivity index (χ4v) is 3.10. The maximum Gasteiger partial charge on any atom is 0.218 e. The molecule has 24 heavy (non-hydrogen) atoms. The Bertz CT molecular complexity index is 808. The number of benzene rings is 1. The van der Waals surface area contributed by atoms with Crippen LogP contribution >= 0.6 is 9.24 Å². The first-order valence-corrected chi connectivity index (χ1v) is 8.29. The average Bonchev–Trinajstić information content (AvgIpc) is 2.53. The van der Waals surface area contributed by atoms with Gasteiger partial charge in [0, 0.05) is 11.1 Å². The van der Waals surface area contributed by atoms with E-state index in [9.17, 15) is 8.78 Å². The Morgan fingerprint density at radius 3 is 2.79 bits per heavy atom. The van der Waals surface area contributed by atoms with Gasteiger partial charge >= 0.3 is 0 Å². The van der Waals surface area contributed by atoms with Crippen LogP contribution in [0.4, 0.5) is 8.78 Å². The molecule has 2 heterocycles. The molecule has 0 saturated heterocycles. The standard InChI is InChI=1S/C18H19F2N2OP/c1-9(19)17-6-5-13-14(12-4-3-11(24)7-15(12)20)8-16(10(2)21)22-18(13)23-17/h3-4,7-9,17H,2,5-6,21,24H2,1H3. The van der Waals surface area contributed by atoms with Crippen molar-refractivity contribution in [3.63, 3.8) is 0 Å². The van der Waals surface area contributed by atoms with Crippen LogP contribution in [-0.2, 0) is 6.42 Å². The summed E-state index contributed by atoms with van der Waals surface area (Å²) in [6, 6.07) is 6.67. The summed E-state index contributed by atoms with van der Waals surface area (Å²) in [7, 11) is 2.46. The third kappa shape index (κ3) is 3.13. The average molecular weight is 348 g/mol. The van der Waals surface area contributed by atoms with Crippen molar-refractivity contribution in [2.24, 2.45) is 5.73 Å². The van der Waals surface area contributed by atoms with Crippen LogP contribution in [0.25, 0.3) is 16.8 Å². The Balaban J connectivity index is 2.17. The molecule has 6 heteroatoms. The van der Waals surface area contributed by atoms with Gasteiger partial charge in [-0.15, -0.1) is 9.24 Å².